The van der Waals surface area contributed by atoms with Gasteiger partial charge in [0.15, 0.2) is 0 Å². The fourth-order valence-corrected chi connectivity index (χ4v) is 2.19. The molecule has 1 rings (SSSR count). The van der Waals surface area contributed by atoms with Crippen LogP contribution in [0.5, 0.6) is 0 Å². The maximum atomic E-state index is 11.4. The molecule has 2 atom stereocenters. The Balaban J connectivity index is 2.57. The van der Waals surface area contributed by atoms with E-state index in [1.165, 1.54) is 0 Å². The van der Waals surface area contributed by atoms with Gasteiger partial charge in [-0.1, -0.05) is 26.7 Å². The molecule has 0 aromatic rings. The van der Waals surface area contributed by atoms with Gasteiger partial charge in [0.1, 0.15) is 11.8 Å². The molecule has 0 aromatic carbocycles. The molecule has 0 amide bonds. The standard InChI is InChI=1S/C12H21NO3/c1-3-4-5-10(12(15)16)13-7-6-11(14)9(2)8-13/h9-10H,3-8H2,1-2H3,(H,15,16). The molecule has 4 nitrogen and oxygen atoms in total. The average Bonchev–Trinajstić information content (AvgIpc) is 2.23. The number of carboxylic acids is 1. The Kier molecular flexibility index (Phi) is 4.93. The quantitative estimate of drug-likeness (QED) is 0.774. The number of piperidine rings is 1. The lowest BCUT2D eigenvalue weighted by molar-refractivity contribution is -0.146. The van der Waals surface area contributed by atoms with Crippen molar-refractivity contribution in [2.75, 3.05) is 13.1 Å². The summed E-state index contributed by atoms with van der Waals surface area (Å²) in [7, 11) is 0. The zero-order chi connectivity index (χ0) is 12.1. The highest BCUT2D eigenvalue weighted by atomic mass is 16.4. The number of Topliss-reactive ketones (excluding diaryl/α,β-unsaturated/α-hetero) is 1. The Morgan fingerprint density at radius 2 is 2.31 bits per heavy atom. The van der Waals surface area contributed by atoms with Crippen LogP contribution in [0.2, 0.25) is 0 Å². The van der Waals surface area contributed by atoms with Crippen LogP contribution >= 0.6 is 0 Å². The average molecular weight is 227 g/mol. The highest BCUT2D eigenvalue weighted by molar-refractivity contribution is 5.82. The highest BCUT2D eigenvalue weighted by Gasteiger charge is 2.31. The number of carboxylic acid groups (broad SMARTS) is 1. The Morgan fingerprint density at radius 1 is 1.62 bits per heavy atom. The Labute approximate surface area is 96.6 Å². The lowest BCUT2D eigenvalue weighted by Gasteiger charge is -2.34. The van der Waals surface area contributed by atoms with Crippen molar-refractivity contribution in [2.24, 2.45) is 5.92 Å². The molecule has 1 N–H and O–H groups in total. The highest BCUT2D eigenvalue weighted by Crippen LogP contribution is 2.18. The molecule has 0 aliphatic carbocycles. The van der Waals surface area contributed by atoms with Gasteiger partial charge in [-0.05, 0) is 6.42 Å². The molecule has 0 bridgehead atoms. The molecular weight excluding hydrogens is 206 g/mol. The summed E-state index contributed by atoms with van der Waals surface area (Å²) in [4.78, 5) is 24.5. The van der Waals surface area contributed by atoms with Gasteiger partial charge in [0.05, 0.1) is 0 Å². The topological polar surface area (TPSA) is 57.6 Å². The summed E-state index contributed by atoms with van der Waals surface area (Å²) in [6.45, 7) is 5.14. The van der Waals surface area contributed by atoms with E-state index in [-0.39, 0.29) is 11.7 Å². The van der Waals surface area contributed by atoms with E-state index in [2.05, 4.69) is 6.92 Å². The maximum absolute atomic E-state index is 11.4. The summed E-state index contributed by atoms with van der Waals surface area (Å²) in [5.74, 6) is -0.511. The Morgan fingerprint density at radius 3 is 2.81 bits per heavy atom. The van der Waals surface area contributed by atoms with E-state index in [1.807, 2.05) is 11.8 Å². The molecule has 0 spiro atoms. The Bertz CT molecular complexity index is 265. The largest absolute Gasteiger partial charge is 0.480 e. The molecule has 0 radical (unpaired) electrons. The number of rotatable bonds is 5. The zero-order valence-corrected chi connectivity index (χ0v) is 10.1. The maximum Gasteiger partial charge on any atom is 0.320 e. The minimum absolute atomic E-state index is 0.0165. The third-order valence-corrected chi connectivity index (χ3v) is 3.26. The molecule has 1 aliphatic rings. The summed E-state index contributed by atoms with van der Waals surface area (Å²) >= 11 is 0. The molecule has 92 valence electrons. The molecule has 0 aromatic heterocycles. The first-order chi connectivity index (χ1) is 7.56. The van der Waals surface area contributed by atoms with Crippen molar-refractivity contribution in [3.63, 3.8) is 0 Å². The second-order valence-corrected chi connectivity index (χ2v) is 4.61. The van der Waals surface area contributed by atoms with E-state index in [1.54, 1.807) is 0 Å². The summed E-state index contributed by atoms with van der Waals surface area (Å²) < 4.78 is 0. The molecule has 1 fully saturated rings. The first kappa shape index (κ1) is 13.2. The van der Waals surface area contributed by atoms with E-state index >= 15 is 0 Å². The van der Waals surface area contributed by atoms with Gasteiger partial charge < -0.3 is 5.11 Å². The van der Waals surface area contributed by atoms with Crippen LogP contribution in [0.3, 0.4) is 0 Å². The second kappa shape index (κ2) is 5.99. The van der Waals surface area contributed by atoms with Crippen LogP contribution in [0, 0.1) is 5.92 Å². The monoisotopic (exact) mass is 227 g/mol. The first-order valence-corrected chi connectivity index (χ1v) is 6.05. The van der Waals surface area contributed by atoms with Crippen LogP contribution in [-0.4, -0.2) is 40.9 Å². The van der Waals surface area contributed by atoms with E-state index < -0.39 is 12.0 Å². The summed E-state index contributed by atoms with van der Waals surface area (Å²) in [6.07, 6.45) is 3.12. The number of aliphatic carboxylic acids is 1. The molecule has 1 aliphatic heterocycles. The van der Waals surface area contributed by atoms with Gasteiger partial charge in [0, 0.05) is 25.4 Å². The number of likely N-dealkylation sites (tertiary alicyclic amines) is 1. The molecule has 2 unspecified atom stereocenters. The number of carbonyl (C=O) groups is 2. The van der Waals surface area contributed by atoms with E-state index in [0.717, 1.165) is 12.8 Å². The second-order valence-electron chi connectivity index (χ2n) is 4.61. The third-order valence-electron chi connectivity index (χ3n) is 3.26. The summed E-state index contributed by atoms with van der Waals surface area (Å²) in [5.41, 5.74) is 0. The Hall–Kier alpha value is -0.900. The van der Waals surface area contributed by atoms with Crippen molar-refractivity contribution >= 4 is 11.8 Å². The van der Waals surface area contributed by atoms with E-state index in [0.29, 0.717) is 25.9 Å². The molecule has 1 saturated heterocycles. The lowest BCUT2D eigenvalue weighted by atomic mass is 9.96. The van der Waals surface area contributed by atoms with Gasteiger partial charge >= 0.3 is 5.97 Å². The smallest absolute Gasteiger partial charge is 0.320 e. The molecule has 16 heavy (non-hydrogen) atoms. The van der Waals surface area contributed by atoms with Crippen LogP contribution in [0.4, 0.5) is 0 Å². The number of carbonyl (C=O) groups excluding carboxylic acids is 1. The van der Waals surface area contributed by atoms with Gasteiger partial charge in [-0.2, -0.15) is 0 Å². The van der Waals surface area contributed by atoms with Crippen molar-refractivity contribution < 1.29 is 14.7 Å². The molecular formula is C12H21NO3. The minimum atomic E-state index is -0.755. The van der Waals surface area contributed by atoms with Gasteiger partial charge in [0.25, 0.3) is 0 Å². The molecule has 4 heteroatoms. The van der Waals surface area contributed by atoms with Crippen LogP contribution in [0.15, 0.2) is 0 Å². The van der Waals surface area contributed by atoms with Crippen molar-refractivity contribution in [2.45, 2.75) is 45.6 Å². The normalized spacial score (nSPS) is 24.4. The van der Waals surface area contributed by atoms with Crippen LogP contribution in [0.25, 0.3) is 0 Å². The predicted molar refractivity (Wildman–Crippen MR) is 61.3 cm³/mol. The third kappa shape index (κ3) is 3.30. The number of ketones is 1. The summed E-state index contributed by atoms with van der Waals surface area (Å²) in [6, 6.07) is -0.407. The number of unbranched alkanes of at least 4 members (excludes halogenated alkanes) is 1. The van der Waals surface area contributed by atoms with Crippen LogP contribution in [-0.2, 0) is 9.59 Å². The van der Waals surface area contributed by atoms with Gasteiger partial charge in [-0.15, -0.1) is 0 Å². The first-order valence-electron chi connectivity index (χ1n) is 6.05. The van der Waals surface area contributed by atoms with Crippen LogP contribution in [0.1, 0.15) is 39.5 Å². The van der Waals surface area contributed by atoms with Crippen molar-refractivity contribution in [3.8, 4) is 0 Å². The van der Waals surface area contributed by atoms with E-state index in [9.17, 15) is 14.7 Å². The van der Waals surface area contributed by atoms with Crippen molar-refractivity contribution in [1.29, 1.82) is 0 Å². The van der Waals surface area contributed by atoms with E-state index in [4.69, 9.17) is 0 Å². The van der Waals surface area contributed by atoms with Gasteiger partial charge in [-0.3, -0.25) is 14.5 Å². The van der Waals surface area contributed by atoms with Gasteiger partial charge in [0.2, 0.25) is 0 Å². The van der Waals surface area contributed by atoms with Crippen LogP contribution < -0.4 is 0 Å². The zero-order valence-electron chi connectivity index (χ0n) is 10.1. The summed E-state index contributed by atoms with van der Waals surface area (Å²) in [5, 5.41) is 9.18. The van der Waals surface area contributed by atoms with Crippen molar-refractivity contribution in [1.82, 2.24) is 4.90 Å². The molecule has 0 saturated carbocycles. The fourth-order valence-electron chi connectivity index (χ4n) is 2.19. The molecule has 1 heterocycles. The SMILES string of the molecule is CCCCC(C(=O)O)N1CCC(=O)C(C)C1. The fraction of sp³-hybridized carbons (Fsp3) is 0.833. The number of hydrogen-bond donors (Lipinski definition) is 1. The minimum Gasteiger partial charge on any atom is -0.480 e. The van der Waals surface area contributed by atoms with Crippen molar-refractivity contribution in [3.05, 3.63) is 0 Å². The number of nitrogens with zero attached hydrogens (tertiary/aromatic N) is 1. The number of hydrogen-bond acceptors (Lipinski definition) is 3. The van der Waals surface area contributed by atoms with Gasteiger partial charge in [-0.25, -0.2) is 0 Å². The lowest BCUT2D eigenvalue weighted by Crippen LogP contribution is -2.48. The predicted octanol–water partition coefficient (Wildman–Crippen LogP) is 1.54.